The topological polar surface area (TPSA) is 35.7 Å². The lowest BCUT2D eigenvalue weighted by molar-refractivity contribution is -0.658. The summed E-state index contributed by atoms with van der Waals surface area (Å²) in [7, 11) is 0. The smallest absolute Gasteiger partial charge is 0.387 e. The largest absolute Gasteiger partial charge is 1.00 e. The number of anilines is 1. The van der Waals surface area contributed by atoms with E-state index in [0.29, 0.717) is 6.54 Å². The van der Waals surface area contributed by atoms with Gasteiger partial charge in [0.2, 0.25) is 0 Å². The molecule has 0 amide bonds. The summed E-state index contributed by atoms with van der Waals surface area (Å²) in [6.07, 6.45) is 4.11. The van der Waals surface area contributed by atoms with Crippen LogP contribution >= 0.6 is 0 Å². The summed E-state index contributed by atoms with van der Waals surface area (Å²) >= 11 is 0. The molecule has 0 radical (unpaired) electrons. The highest BCUT2D eigenvalue weighted by atomic mass is 79.9. The van der Waals surface area contributed by atoms with Crippen molar-refractivity contribution in [1.82, 2.24) is 0 Å². The van der Waals surface area contributed by atoms with Gasteiger partial charge in [0.1, 0.15) is 11.4 Å². The number of benzene rings is 2. The third-order valence-electron chi connectivity index (χ3n) is 5.62. The van der Waals surface area contributed by atoms with Crippen molar-refractivity contribution in [2.24, 2.45) is 0 Å². The Morgan fingerprint density at radius 3 is 2.38 bits per heavy atom. The van der Waals surface area contributed by atoms with Gasteiger partial charge in [-0.3, -0.25) is 0 Å². The molecule has 0 saturated carbocycles. The maximum atomic E-state index is 12.4. The lowest BCUT2D eigenvalue weighted by Gasteiger charge is -2.23. The molecule has 0 aliphatic carbocycles. The predicted molar refractivity (Wildman–Crippen MR) is 104 cm³/mol. The SMILES string of the molecule is Cc1ccc(C2(O)CN(c3ccc(OC(F)F)cc3)C3=[N+]2CCCCC3)cc1.[Br-]. The Morgan fingerprint density at radius 1 is 1.03 bits per heavy atom. The predicted octanol–water partition coefficient (Wildman–Crippen LogP) is 1.25. The molecule has 2 aromatic rings. The van der Waals surface area contributed by atoms with Crippen molar-refractivity contribution in [3.8, 4) is 5.75 Å². The highest BCUT2D eigenvalue weighted by Crippen LogP contribution is 2.36. The van der Waals surface area contributed by atoms with Crippen LogP contribution in [0, 0.1) is 6.92 Å². The van der Waals surface area contributed by atoms with E-state index < -0.39 is 12.3 Å². The summed E-state index contributed by atoms with van der Waals surface area (Å²) in [6.45, 7) is 0.390. The van der Waals surface area contributed by atoms with Crippen LogP contribution in [0.1, 0.15) is 36.8 Å². The van der Waals surface area contributed by atoms with Gasteiger partial charge >= 0.3 is 6.61 Å². The fraction of sp³-hybridized carbons (Fsp3) is 0.409. The standard InChI is InChI=1S/C22H25F2N2O2.BrH/c1-16-6-8-17(9-7-16)22(27)15-25(20-5-3-2-4-14-26(20)22)18-10-12-19(13-11-18)28-21(23)24;/h6-13,21,27H,2-5,14-15H2,1H3;1H/q+1;/p-1. The quantitative estimate of drug-likeness (QED) is 0.688. The van der Waals surface area contributed by atoms with Crippen molar-refractivity contribution in [1.29, 1.82) is 0 Å². The molecule has 0 bridgehead atoms. The minimum atomic E-state index is -2.84. The Labute approximate surface area is 180 Å². The van der Waals surface area contributed by atoms with Crippen LogP contribution in [-0.2, 0) is 5.72 Å². The van der Waals surface area contributed by atoms with Crippen LogP contribution in [-0.4, -0.2) is 35.2 Å². The number of ether oxygens (including phenoxy) is 1. The summed E-state index contributed by atoms with van der Waals surface area (Å²) in [5, 5.41) is 11.7. The van der Waals surface area contributed by atoms with Crippen molar-refractivity contribution < 1.29 is 40.2 Å². The second kappa shape index (κ2) is 8.79. The van der Waals surface area contributed by atoms with E-state index in [9.17, 15) is 13.9 Å². The molecule has 156 valence electrons. The third-order valence-corrected chi connectivity index (χ3v) is 5.62. The molecular weight excluding hydrogens is 442 g/mol. The average molecular weight is 467 g/mol. The van der Waals surface area contributed by atoms with Crippen LogP contribution in [0.15, 0.2) is 48.5 Å². The second-order valence-electron chi connectivity index (χ2n) is 7.52. The van der Waals surface area contributed by atoms with E-state index in [0.717, 1.165) is 54.9 Å². The summed E-state index contributed by atoms with van der Waals surface area (Å²) in [4.78, 5) is 2.11. The van der Waals surface area contributed by atoms with Gasteiger partial charge in [-0.1, -0.05) is 29.8 Å². The van der Waals surface area contributed by atoms with E-state index >= 15 is 0 Å². The van der Waals surface area contributed by atoms with Gasteiger partial charge in [0, 0.05) is 12.0 Å². The molecule has 1 N–H and O–H groups in total. The number of halogens is 3. The molecule has 0 aromatic heterocycles. The van der Waals surface area contributed by atoms with E-state index in [1.807, 2.05) is 31.2 Å². The van der Waals surface area contributed by atoms with Gasteiger partial charge in [0.25, 0.3) is 11.6 Å². The molecule has 2 aliphatic heterocycles. The molecule has 1 unspecified atom stereocenters. The maximum Gasteiger partial charge on any atom is 0.387 e. The first-order valence-electron chi connectivity index (χ1n) is 9.73. The normalized spacial score (nSPS) is 21.6. The molecule has 2 aromatic carbocycles. The highest BCUT2D eigenvalue weighted by molar-refractivity contribution is 5.96. The van der Waals surface area contributed by atoms with Gasteiger partial charge in [-0.05, 0) is 50.5 Å². The van der Waals surface area contributed by atoms with Crippen LogP contribution < -0.4 is 26.6 Å². The van der Waals surface area contributed by atoms with Crippen molar-refractivity contribution in [3.63, 3.8) is 0 Å². The average Bonchev–Trinajstić information content (AvgIpc) is 2.83. The lowest BCUT2D eigenvalue weighted by Crippen LogP contribution is -3.00. The molecule has 4 nitrogen and oxygen atoms in total. The number of amidine groups is 1. The van der Waals surface area contributed by atoms with Crippen LogP contribution in [0.4, 0.5) is 14.5 Å². The number of β-amino-alcohol motifs (C(OH)–C–C–N with tert-alkyl or cyclic N) is 1. The van der Waals surface area contributed by atoms with E-state index in [1.54, 1.807) is 24.3 Å². The Bertz CT molecular complexity index is 871. The Balaban J connectivity index is 0.00000240. The molecule has 0 fully saturated rings. The second-order valence-corrected chi connectivity index (χ2v) is 7.52. The first-order chi connectivity index (χ1) is 13.5. The number of hydrogen-bond acceptors (Lipinski definition) is 3. The molecular formula is C22H25BrF2N2O2. The molecule has 29 heavy (non-hydrogen) atoms. The minimum absolute atomic E-state index is 0. The Kier molecular flexibility index (Phi) is 6.58. The van der Waals surface area contributed by atoms with Crippen molar-refractivity contribution in [3.05, 3.63) is 59.7 Å². The zero-order valence-corrected chi connectivity index (χ0v) is 17.9. The van der Waals surface area contributed by atoms with Crippen LogP contribution in [0.3, 0.4) is 0 Å². The van der Waals surface area contributed by atoms with Gasteiger partial charge < -0.3 is 26.8 Å². The molecule has 2 heterocycles. The minimum Gasteiger partial charge on any atom is -1.00 e. The summed E-state index contributed by atoms with van der Waals surface area (Å²) in [6, 6.07) is 14.7. The van der Waals surface area contributed by atoms with Gasteiger partial charge in [-0.15, -0.1) is 0 Å². The van der Waals surface area contributed by atoms with Crippen molar-refractivity contribution >= 4 is 11.5 Å². The summed E-state index contributed by atoms with van der Waals surface area (Å²) in [5.74, 6) is 1.22. The van der Waals surface area contributed by atoms with Crippen LogP contribution in [0.25, 0.3) is 0 Å². The number of hydrogen-bond donors (Lipinski definition) is 1. The monoisotopic (exact) mass is 466 g/mol. The Morgan fingerprint density at radius 2 is 1.72 bits per heavy atom. The summed E-state index contributed by atoms with van der Waals surface area (Å²) in [5.41, 5.74) is 1.78. The van der Waals surface area contributed by atoms with Crippen LogP contribution in [0.2, 0.25) is 0 Å². The zero-order chi connectivity index (χ0) is 19.7. The number of nitrogens with zero attached hydrogens (tertiary/aromatic N) is 2. The molecule has 4 rings (SSSR count). The lowest BCUT2D eigenvalue weighted by atomic mass is 10.0. The highest BCUT2D eigenvalue weighted by Gasteiger charge is 2.51. The number of alkyl halides is 2. The third kappa shape index (κ3) is 4.31. The number of rotatable bonds is 4. The van der Waals surface area contributed by atoms with Gasteiger partial charge in [0.05, 0.1) is 6.54 Å². The molecule has 2 aliphatic rings. The molecule has 1 atom stereocenters. The number of aryl methyl sites for hydroxylation is 1. The maximum absolute atomic E-state index is 12.4. The zero-order valence-electron chi connectivity index (χ0n) is 16.3. The van der Waals surface area contributed by atoms with E-state index in [4.69, 9.17) is 0 Å². The summed E-state index contributed by atoms with van der Waals surface area (Å²) < 4.78 is 31.4. The molecule has 7 heteroatoms. The Hall–Kier alpha value is -1.99. The van der Waals surface area contributed by atoms with E-state index in [1.165, 1.54) is 0 Å². The van der Waals surface area contributed by atoms with E-state index in [-0.39, 0.29) is 22.7 Å². The van der Waals surface area contributed by atoms with Crippen molar-refractivity contribution in [2.75, 3.05) is 18.0 Å². The van der Waals surface area contributed by atoms with Gasteiger partial charge in [-0.25, -0.2) is 9.48 Å². The van der Waals surface area contributed by atoms with E-state index in [2.05, 4.69) is 14.2 Å². The number of aliphatic hydroxyl groups is 1. The van der Waals surface area contributed by atoms with Gasteiger partial charge in [-0.2, -0.15) is 8.78 Å². The first kappa shape index (κ1) is 21.7. The molecule has 0 saturated heterocycles. The fourth-order valence-electron chi connectivity index (χ4n) is 4.19. The fourth-order valence-corrected chi connectivity index (χ4v) is 4.19. The molecule has 0 spiro atoms. The van der Waals surface area contributed by atoms with Gasteiger partial charge in [0.15, 0.2) is 6.54 Å². The first-order valence-corrected chi connectivity index (χ1v) is 9.73. The van der Waals surface area contributed by atoms with Crippen LogP contribution in [0.5, 0.6) is 5.75 Å². The van der Waals surface area contributed by atoms with Crippen molar-refractivity contribution in [2.45, 2.75) is 44.9 Å².